The number of benzene rings is 1. The number of pyridine rings is 1. The highest BCUT2D eigenvalue weighted by atomic mass is 16.3. The van der Waals surface area contributed by atoms with E-state index in [0.29, 0.717) is 6.54 Å². The minimum atomic E-state index is 0.267. The van der Waals surface area contributed by atoms with Gasteiger partial charge in [0.25, 0.3) is 0 Å². The lowest BCUT2D eigenvalue weighted by Crippen LogP contribution is -2.04. The summed E-state index contributed by atoms with van der Waals surface area (Å²) in [5.41, 5.74) is 6.43. The normalized spacial score (nSPS) is 10.6. The molecule has 1 heterocycles. The van der Waals surface area contributed by atoms with E-state index in [4.69, 9.17) is 5.73 Å². The first-order valence-corrected chi connectivity index (χ1v) is 4.58. The summed E-state index contributed by atoms with van der Waals surface area (Å²) in [5, 5.41) is 11.4. The molecule has 0 aliphatic carbocycles. The molecule has 1 aromatic carbocycles. The third-order valence-electron chi connectivity index (χ3n) is 2.21. The maximum atomic E-state index is 9.36. The van der Waals surface area contributed by atoms with E-state index < -0.39 is 0 Å². The molecule has 0 unspecified atom stereocenters. The average Bonchev–Trinajstić information content (AvgIpc) is 2.19. The van der Waals surface area contributed by atoms with Crippen LogP contribution in [-0.4, -0.2) is 16.6 Å². The van der Waals surface area contributed by atoms with Gasteiger partial charge in [0, 0.05) is 23.7 Å². The molecule has 0 atom stereocenters. The number of aromatic nitrogens is 1. The molecule has 0 saturated heterocycles. The predicted octanol–water partition coefficient (Wildman–Crippen LogP) is 1.44. The van der Waals surface area contributed by atoms with Crippen LogP contribution in [-0.2, 0) is 6.42 Å². The molecule has 0 radical (unpaired) electrons. The van der Waals surface area contributed by atoms with E-state index in [1.165, 1.54) is 0 Å². The number of phenolic OH excluding ortho intramolecular Hbond substituents is 1. The Hall–Kier alpha value is -1.61. The zero-order chi connectivity index (χ0) is 9.97. The lowest BCUT2D eigenvalue weighted by Gasteiger charge is -2.04. The summed E-state index contributed by atoms with van der Waals surface area (Å²) in [6.45, 7) is 0.571. The minimum absolute atomic E-state index is 0.267. The summed E-state index contributed by atoms with van der Waals surface area (Å²) in [7, 11) is 0. The van der Waals surface area contributed by atoms with Gasteiger partial charge in [-0.25, -0.2) is 0 Å². The lowest BCUT2D eigenvalue weighted by atomic mass is 10.1. The SMILES string of the molecule is NCCc1nccc2ccc(O)cc12. The first-order valence-electron chi connectivity index (χ1n) is 4.58. The quantitative estimate of drug-likeness (QED) is 0.749. The summed E-state index contributed by atoms with van der Waals surface area (Å²) in [5.74, 6) is 0.267. The second kappa shape index (κ2) is 3.64. The molecule has 2 rings (SSSR count). The monoisotopic (exact) mass is 188 g/mol. The van der Waals surface area contributed by atoms with Crippen molar-refractivity contribution >= 4 is 10.8 Å². The van der Waals surface area contributed by atoms with Crippen LogP contribution in [0.1, 0.15) is 5.69 Å². The summed E-state index contributed by atoms with van der Waals surface area (Å²) in [6.07, 6.45) is 2.51. The van der Waals surface area contributed by atoms with Gasteiger partial charge in [0.05, 0.1) is 0 Å². The molecule has 3 nitrogen and oxygen atoms in total. The van der Waals surface area contributed by atoms with E-state index in [1.807, 2.05) is 12.1 Å². The fourth-order valence-electron chi connectivity index (χ4n) is 1.55. The van der Waals surface area contributed by atoms with Crippen LogP contribution >= 0.6 is 0 Å². The van der Waals surface area contributed by atoms with Crippen molar-refractivity contribution in [2.75, 3.05) is 6.54 Å². The van der Waals surface area contributed by atoms with E-state index in [2.05, 4.69) is 4.98 Å². The second-order valence-electron chi connectivity index (χ2n) is 3.20. The minimum Gasteiger partial charge on any atom is -0.508 e. The molecule has 3 heteroatoms. The number of fused-ring (bicyclic) bond motifs is 1. The Bertz CT molecular complexity index is 454. The third-order valence-corrected chi connectivity index (χ3v) is 2.21. The molecule has 14 heavy (non-hydrogen) atoms. The zero-order valence-electron chi connectivity index (χ0n) is 7.77. The highest BCUT2D eigenvalue weighted by Gasteiger charge is 2.01. The van der Waals surface area contributed by atoms with E-state index >= 15 is 0 Å². The maximum absolute atomic E-state index is 9.36. The van der Waals surface area contributed by atoms with Crippen LogP contribution in [0.4, 0.5) is 0 Å². The van der Waals surface area contributed by atoms with E-state index in [-0.39, 0.29) is 5.75 Å². The molecule has 0 bridgehead atoms. The number of rotatable bonds is 2. The summed E-state index contributed by atoms with van der Waals surface area (Å²) < 4.78 is 0. The first kappa shape index (κ1) is 8.97. The molecule has 1 aromatic heterocycles. The van der Waals surface area contributed by atoms with Crippen LogP contribution in [0.3, 0.4) is 0 Å². The van der Waals surface area contributed by atoms with Crippen molar-refractivity contribution in [1.82, 2.24) is 4.98 Å². The second-order valence-corrected chi connectivity index (χ2v) is 3.20. The standard InChI is InChI=1S/C11H12N2O/c12-5-3-11-10-7-9(14)2-1-8(10)4-6-13-11/h1-2,4,6-7,14H,3,5,12H2. The highest BCUT2D eigenvalue weighted by Crippen LogP contribution is 2.21. The Morgan fingerprint density at radius 2 is 2.14 bits per heavy atom. The van der Waals surface area contributed by atoms with Crippen LogP contribution in [0.2, 0.25) is 0 Å². The molecular formula is C11H12N2O. The summed E-state index contributed by atoms with van der Waals surface area (Å²) >= 11 is 0. The van der Waals surface area contributed by atoms with Crippen molar-refractivity contribution in [2.45, 2.75) is 6.42 Å². The molecule has 72 valence electrons. The molecule has 2 aromatic rings. The van der Waals surface area contributed by atoms with Gasteiger partial charge in [0.15, 0.2) is 0 Å². The number of phenols is 1. The van der Waals surface area contributed by atoms with Gasteiger partial charge in [-0.2, -0.15) is 0 Å². The topological polar surface area (TPSA) is 59.1 Å². The predicted molar refractivity (Wildman–Crippen MR) is 56.2 cm³/mol. The van der Waals surface area contributed by atoms with E-state index in [9.17, 15) is 5.11 Å². The number of hydrogen-bond donors (Lipinski definition) is 2. The molecule has 0 amide bonds. The van der Waals surface area contributed by atoms with Crippen LogP contribution in [0.15, 0.2) is 30.5 Å². The molecule has 0 aliphatic heterocycles. The molecular weight excluding hydrogens is 176 g/mol. The van der Waals surface area contributed by atoms with Gasteiger partial charge in [0.1, 0.15) is 5.75 Å². The lowest BCUT2D eigenvalue weighted by molar-refractivity contribution is 0.476. The molecule has 0 saturated carbocycles. The van der Waals surface area contributed by atoms with Gasteiger partial charge in [-0.3, -0.25) is 4.98 Å². The Morgan fingerprint density at radius 3 is 2.93 bits per heavy atom. The van der Waals surface area contributed by atoms with Crippen LogP contribution < -0.4 is 5.73 Å². The molecule has 3 N–H and O–H groups in total. The number of nitrogens with two attached hydrogens (primary N) is 1. The van der Waals surface area contributed by atoms with E-state index in [1.54, 1.807) is 18.3 Å². The molecule has 0 fully saturated rings. The first-order chi connectivity index (χ1) is 6.81. The van der Waals surface area contributed by atoms with Crippen LogP contribution in [0.5, 0.6) is 5.75 Å². The average molecular weight is 188 g/mol. The van der Waals surface area contributed by atoms with Crippen molar-refractivity contribution < 1.29 is 5.11 Å². The van der Waals surface area contributed by atoms with Crippen molar-refractivity contribution in [3.05, 3.63) is 36.2 Å². The highest BCUT2D eigenvalue weighted by molar-refractivity contribution is 5.85. The van der Waals surface area contributed by atoms with Crippen LogP contribution in [0.25, 0.3) is 10.8 Å². The number of nitrogens with zero attached hydrogens (tertiary/aromatic N) is 1. The third kappa shape index (κ3) is 1.54. The number of hydrogen-bond acceptors (Lipinski definition) is 3. The van der Waals surface area contributed by atoms with Gasteiger partial charge in [-0.1, -0.05) is 6.07 Å². The number of aromatic hydroxyl groups is 1. The van der Waals surface area contributed by atoms with E-state index in [0.717, 1.165) is 22.9 Å². The van der Waals surface area contributed by atoms with Gasteiger partial charge in [0.2, 0.25) is 0 Å². The largest absolute Gasteiger partial charge is 0.508 e. The summed E-state index contributed by atoms with van der Waals surface area (Å²) in [6, 6.07) is 7.21. The van der Waals surface area contributed by atoms with Crippen molar-refractivity contribution in [3.8, 4) is 5.75 Å². The smallest absolute Gasteiger partial charge is 0.116 e. The maximum Gasteiger partial charge on any atom is 0.116 e. The van der Waals surface area contributed by atoms with Crippen molar-refractivity contribution in [3.63, 3.8) is 0 Å². The van der Waals surface area contributed by atoms with Crippen molar-refractivity contribution in [1.29, 1.82) is 0 Å². The fraction of sp³-hybridized carbons (Fsp3) is 0.182. The van der Waals surface area contributed by atoms with Gasteiger partial charge in [-0.05, 0) is 30.1 Å². The Labute approximate surface area is 82.2 Å². The molecule has 0 aliphatic rings. The Kier molecular flexibility index (Phi) is 2.33. The fourth-order valence-corrected chi connectivity index (χ4v) is 1.55. The zero-order valence-corrected chi connectivity index (χ0v) is 7.77. The van der Waals surface area contributed by atoms with Crippen molar-refractivity contribution in [2.24, 2.45) is 5.73 Å². The van der Waals surface area contributed by atoms with Gasteiger partial charge >= 0.3 is 0 Å². The van der Waals surface area contributed by atoms with Gasteiger partial charge in [-0.15, -0.1) is 0 Å². The Balaban J connectivity index is 2.64. The molecule has 0 spiro atoms. The summed E-state index contributed by atoms with van der Waals surface area (Å²) in [4.78, 5) is 4.25. The Morgan fingerprint density at radius 1 is 1.29 bits per heavy atom. The van der Waals surface area contributed by atoms with Crippen LogP contribution in [0, 0.1) is 0 Å². The van der Waals surface area contributed by atoms with Gasteiger partial charge < -0.3 is 10.8 Å².